The van der Waals surface area contributed by atoms with Crippen LogP contribution >= 0.6 is 0 Å². The first-order valence-corrected chi connectivity index (χ1v) is 13.3. The average molecular weight is 519 g/mol. The average Bonchev–Trinajstić information content (AvgIpc) is 3.56. The van der Waals surface area contributed by atoms with Crippen molar-refractivity contribution in [2.75, 3.05) is 20.6 Å². The fraction of sp³-hybridized carbons (Fsp3) is 0.219. The van der Waals surface area contributed by atoms with Crippen LogP contribution in [0.2, 0.25) is 0 Å². The molecule has 0 radical (unpaired) electrons. The Hall–Kier alpha value is -4.36. The van der Waals surface area contributed by atoms with E-state index in [2.05, 4.69) is 87.5 Å². The Morgan fingerprint density at radius 2 is 1.67 bits per heavy atom. The molecule has 0 aliphatic heterocycles. The van der Waals surface area contributed by atoms with Gasteiger partial charge in [0.2, 0.25) is 0 Å². The number of nitrogens with zero attached hydrogens (tertiary/aromatic N) is 4. The molecule has 0 unspecified atom stereocenters. The summed E-state index contributed by atoms with van der Waals surface area (Å²) < 4.78 is 14.7. The molecule has 4 heterocycles. The van der Waals surface area contributed by atoms with Crippen molar-refractivity contribution < 1.29 is 4.39 Å². The largest absolute Gasteiger partial charge is 0.353 e. The number of aromatic nitrogens is 5. The molecule has 2 N–H and O–H groups in total. The number of pyridine rings is 2. The molecule has 0 aliphatic rings. The van der Waals surface area contributed by atoms with Crippen LogP contribution in [0.25, 0.3) is 55.6 Å². The minimum atomic E-state index is -0.241. The Balaban J connectivity index is 1.40. The third kappa shape index (κ3) is 5.05. The van der Waals surface area contributed by atoms with Crippen LogP contribution in [0.5, 0.6) is 0 Å². The van der Waals surface area contributed by atoms with E-state index in [0.29, 0.717) is 0 Å². The summed E-state index contributed by atoms with van der Waals surface area (Å²) >= 11 is 0. The number of aryl methyl sites for hydroxylation is 2. The van der Waals surface area contributed by atoms with E-state index in [9.17, 15) is 4.39 Å². The highest BCUT2D eigenvalue weighted by Crippen LogP contribution is 2.35. The van der Waals surface area contributed by atoms with Gasteiger partial charge < -0.3 is 9.88 Å². The number of aromatic amines is 2. The van der Waals surface area contributed by atoms with Crippen LogP contribution in [-0.2, 0) is 12.8 Å². The van der Waals surface area contributed by atoms with E-state index in [0.717, 1.165) is 86.9 Å². The van der Waals surface area contributed by atoms with Gasteiger partial charge in [0.1, 0.15) is 11.5 Å². The quantitative estimate of drug-likeness (QED) is 0.227. The predicted octanol–water partition coefficient (Wildman–Crippen LogP) is 7.03. The summed E-state index contributed by atoms with van der Waals surface area (Å²) in [7, 11) is 4.10. The predicted molar refractivity (Wildman–Crippen MR) is 156 cm³/mol. The zero-order chi connectivity index (χ0) is 26.9. The maximum atomic E-state index is 14.7. The highest BCUT2D eigenvalue weighted by Gasteiger charge is 2.16. The monoisotopic (exact) mass is 518 g/mol. The number of rotatable bonds is 8. The first-order valence-electron chi connectivity index (χ1n) is 13.3. The van der Waals surface area contributed by atoms with Crippen molar-refractivity contribution in [1.29, 1.82) is 0 Å². The molecule has 0 spiro atoms. The van der Waals surface area contributed by atoms with Crippen molar-refractivity contribution in [3.05, 3.63) is 90.1 Å². The van der Waals surface area contributed by atoms with E-state index < -0.39 is 0 Å². The van der Waals surface area contributed by atoms with Crippen LogP contribution in [0, 0.1) is 5.82 Å². The third-order valence-corrected chi connectivity index (χ3v) is 7.20. The fourth-order valence-electron chi connectivity index (χ4n) is 5.18. The second-order valence-electron chi connectivity index (χ2n) is 10.3. The van der Waals surface area contributed by atoms with Crippen LogP contribution in [0.4, 0.5) is 4.39 Å². The van der Waals surface area contributed by atoms with Gasteiger partial charge in [-0.3, -0.25) is 15.1 Å². The standard InChI is InChI=1S/C32H31FN6/c1-4-20-12-24(19-34-18-20)22-7-8-29-26(16-22)32(38-37-29)30-17-27-28(36-30)9-10-35-31(27)23-13-21(14-25(33)15-23)6-5-11-39(2)3/h7-10,12-19,36H,4-6,11H2,1-3H3,(H,37,38). The lowest BCUT2D eigenvalue weighted by atomic mass is 10.0. The lowest BCUT2D eigenvalue weighted by molar-refractivity contribution is 0.400. The van der Waals surface area contributed by atoms with Crippen molar-refractivity contribution in [1.82, 2.24) is 30.0 Å². The Bertz CT molecular complexity index is 1780. The zero-order valence-corrected chi connectivity index (χ0v) is 22.4. The topological polar surface area (TPSA) is 73.5 Å². The maximum Gasteiger partial charge on any atom is 0.124 e. The molecule has 6 nitrogen and oxygen atoms in total. The molecular formula is C32H31FN6. The normalized spacial score (nSPS) is 11.7. The molecule has 2 aromatic carbocycles. The SMILES string of the molecule is CCc1cncc(-c2ccc3[nH]nc(-c4cc5c(-c6cc(F)cc(CCCN(C)C)c6)nccc5[nH]4)c3c2)c1. The molecular weight excluding hydrogens is 487 g/mol. The zero-order valence-electron chi connectivity index (χ0n) is 22.4. The van der Waals surface area contributed by atoms with Crippen LogP contribution in [0.1, 0.15) is 24.5 Å². The van der Waals surface area contributed by atoms with Gasteiger partial charge in [-0.15, -0.1) is 0 Å². The molecule has 0 amide bonds. The molecule has 196 valence electrons. The lowest BCUT2D eigenvalue weighted by Gasteiger charge is -2.10. The Labute approximate surface area is 226 Å². The van der Waals surface area contributed by atoms with E-state index >= 15 is 0 Å². The van der Waals surface area contributed by atoms with E-state index in [1.54, 1.807) is 18.3 Å². The van der Waals surface area contributed by atoms with Crippen LogP contribution in [0.3, 0.4) is 0 Å². The van der Waals surface area contributed by atoms with Gasteiger partial charge >= 0.3 is 0 Å². The molecule has 0 atom stereocenters. The van der Waals surface area contributed by atoms with E-state index in [1.807, 2.05) is 18.5 Å². The van der Waals surface area contributed by atoms with Gasteiger partial charge in [0.05, 0.1) is 16.9 Å². The third-order valence-electron chi connectivity index (χ3n) is 7.20. The fourth-order valence-corrected chi connectivity index (χ4v) is 5.18. The van der Waals surface area contributed by atoms with Crippen molar-refractivity contribution >= 4 is 21.8 Å². The van der Waals surface area contributed by atoms with Crippen molar-refractivity contribution in [3.63, 3.8) is 0 Å². The molecule has 0 bridgehead atoms. The highest BCUT2D eigenvalue weighted by molar-refractivity contribution is 6.00. The molecule has 4 aromatic heterocycles. The van der Waals surface area contributed by atoms with Crippen LogP contribution in [-0.4, -0.2) is 50.7 Å². The van der Waals surface area contributed by atoms with E-state index in [1.165, 1.54) is 5.56 Å². The van der Waals surface area contributed by atoms with Crippen molar-refractivity contribution in [2.45, 2.75) is 26.2 Å². The smallest absolute Gasteiger partial charge is 0.124 e. The number of H-pyrrole nitrogens is 2. The van der Waals surface area contributed by atoms with E-state index in [-0.39, 0.29) is 5.82 Å². The Morgan fingerprint density at radius 3 is 2.51 bits per heavy atom. The molecule has 6 rings (SSSR count). The minimum absolute atomic E-state index is 0.241. The number of halogens is 1. The maximum absolute atomic E-state index is 14.7. The van der Waals surface area contributed by atoms with Gasteiger partial charge in [-0.05, 0) is 105 Å². The molecule has 6 aromatic rings. The number of hydrogen-bond acceptors (Lipinski definition) is 4. The summed E-state index contributed by atoms with van der Waals surface area (Å²) in [4.78, 5) is 14.7. The van der Waals surface area contributed by atoms with Gasteiger partial charge in [-0.1, -0.05) is 13.0 Å². The number of benzene rings is 2. The highest BCUT2D eigenvalue weighted by atomic mass is 19.1. The number of nitrogens with one attached hydrogen (secondary N) is 2. The summed E-state index contributed by atoms with van der Waals surface area (Å²) in [5.74, 6) is -0.241. The second-order valence-corrected chi connectivity index (χ2v) is 10.3. The molecule has 0 saturated heterocycles. The van der Waals surface area contributed by atoms with Crippen molar-refractivity contribution in [2.24, 2.45) is 0 Å². The first-order chi connectivity index (χ1) is 19.0. The summed E-state index contributed by atoms with van der Waals surface area (Å²) in [5.41, 5.74) is 9.49. The lowest BCUT2D eigenvalue weighted by Crippen LogP contribution is -2.13. The molecule has 0 aliphatic carbocycles. The molecule has 0 fully saturated rings. The number of hydrogen-bond donors (Lipinski definition) is 2. The van der Waals surface area contributed by atoms with Crippen LogP contribution in [0.15, 0.2) is 73.2 Å². The molecule has 7 heteroatoms. The molecule has 0 saturated carbocycles. The summed E-state index contributed by atoms with van der Waals surface area (Å²) in [6, 6.07) is 17.7. The minimum Gasteiger partial charge on any atom is -0.353 e. The van der Waals surface area contributed by atoms with Gasteiger partial charge in [-0.2, -0.15) is 5.10 Å². The second kappa shape index (κ2) is 10.4. The Morgan fingerprint density at radius 1 is 0.821 bits per heavy atom. The Kier molecular flexibility index (Phi) is 6.67. The molecule has 39 heavy (non-hydrogen) atoms. The summed E-state index contributed by atoms with van der Waals surface area (Å²) in [6.07, 6.45) is 8.29. The summed E-state index contributed by atoms with van der Waals surface area (Å²) in [6.45, 7) is 3.09. The van der Waals surface area contributed by atoms with Gasteiger partial charge in [0.25, 0.3) is 0 Å². The van der Waals surface area contributed by atoms with Crippen molar-refractivity contribution in [3.8, 4) is 33.8 Å². The number of fused-ring (bicyclic) bond motifs is 2. The van der Waals surface area contributed by atoms with E-state index in [4.69, 9.17) is 0 Å². The van der Waals surface area contributed by atoms with Gasteiger partial charge in [-0.25, -0.2) is 4.39 Å². The van der Waals surface area contributed by atoms with Crippen LogP contribution < -0.4 is 0 Å². The van der Waals surface area contributed by atoms with Gasteiger partial charge in [0, 0.05) is 46.0 Å². The summed E-state index contributed by atoms with van der Waals surface area (Å²) in [5, 5.41) is 9.77. The first kappa shape index (κ1) is 24.9. The van der Waals surface area contributed by atoms with Gasteiger partial charge in [0.15, 0.2) is 0 Å².